The van der Waals surface area contributed by atoms with Crippen LogP contribution in [-0.2, 0) is 0 Å². The van der Waals surface area contributed by atoms with Crippen LogP contribution in [0.2, 0.25) is 0 Å². The third-order valence-electron chi connectivity index (χ3n) is 7.50. The van der Waals surface area contributed by atoms with E-state index >= 15 is 0 Å². The Bertz CT molecular complexity index is 1040. The van der Waals surface area contributed by atoms with Crippen LogP contribution >= 0.6 is 0 Å². The largest absolute Gasteiger partial charge is 0.382 e. The maximum atomic E-state index is 4.99. The Morgan fingerprint density at radius 3 is 2.56 bits per heavy atom. The molecule has 0 spiro atoms. The first-order chi connectivity index (χ1) is 17.8. The van der Waals surface area contributed by atoms with Crippen molar-refractivity contribution in [2.24, 2.45) is 0 Å². The van der Waals surface area contributed by atoms with Gasteiger partial charge in [0.05, 0.1) is 0 Å². The number of anilines is 2. The lowest BCUT2D eigenvalue weighted by Gasteiger charge is -2.23. The molecule has 3 aromatic rings. The summed E-state index contributed by atoms with van der Waals surface area (Å²) in [5.74, 6) is 0.750. The Hall–Kier alpha value is -2.60. The molecule has 6 heteroatoms. The van der Waals surface area contributed by atoms with E-state index in [-0.39, 0.29) is 0 Å². The van der Waals surface area contributed by atoms with E-state index in [4.69, 9.17) is 4.98 Å². The van der Waals surface area contributed by atoms with Crippen LogP contribution < -0.4 is 16.0 Å². The first-order valence-corrected chi connectivity index (χ1v) is 14.5. The zero-order valence-corrected chi connectivity index (χ0v) is 22.7. The van der Waals surface area contributed by atoms with Gasteiger partial charge in [0.1, 0.15) is 5.65 Å². The summed E-state index contributed by atoms with van der Waals surface area (Å²) in [6.45, 7) is 9.37. The number of hydrogen-bond acceptors (Lipinski definition) is 5. The van der Waals surface area contributed by atoms with Crippen LogP contribution in [-0.4, -0.2) is 40.2 Å². The molecule has 5 rings (SSSR count). The van der Waals surface area contributed by atoms with Crippen LogP contribution in [0.25, 0.3) is 22.2 Å². The highest BCUT2D eigenvalue weighted by Gasteiger charge is 2.21. The van der Waals surface area contributed by atoms with Crippen LogP contribution in [0.5, 0.6) is 0 Å². The molecule has 1 unspecified atom stereocenters. The number of aromatic nitrogens is 3. The number of unbranched alkanes of at least 4 members (excludes halogenated alkanes) is 1. The van der Waals surface area contributed by atoms with Crippen LogP contribution in [0.15, 0.2) is 36.7 Å². The Kier molecular flexibility index (Phi) is 10.0. The Morgan fingerprint density at radius 2 is 1.78 bits per heavy atom. The quantitative estimate of drug-likeness (QED) is 0.287. The normalized spacial score (nSPS) is 18.8. The fourth-order valence-corrected chi connectivity index (χ4v) is 5.50. The van der Waals surface area contributed by atoms with Gasteiger partial charge < -0.3 is 20.5 Å². The minimum atomic E-state index is 0.535. The molecule has 0 amide bonds. The lowest BCUT2D eigenvalue weighted by atomic mass is 9.95. The molecule has 0 radical (unpaired) electrons. The fraction of sp³-hybridized carbons (Fsp3) is 0.600. The summed E-state index contributed by atoms with van der Waals surface area (Å²) < 4.78 is 2.45. The second kappa shape index (κ2) is 13.6. The van der Waals surface area contributed by atoms with Gasteiger partial charge in [-0.15, -0.1) is 0 Å². The molecule has 196 valence electrons. The van der Waals surface area contributed by atoms with E-state index in [2.05, 4.69) is 62.9 Å². The average Bonchev–Trinajstić information content (AvgIpc) is 3.11. The molecular weight excluding hydrogens is 444 g/mol. The first-order valence-electron chi connectivity index (χ1n) is 14.5. The zero-order valence-electron chi connectivity index (χ0n) is 22.7. The monoisotopic (exact) mass is 490 g/mol. The highest BCUT2D eigenvalue weighted by Crippen LogP contribution is 2.37. The van der Waals surface area contributed by atoms with Crippen molar-refractivity contribution >= 4 is 22.7 Å². The lowest BCUT2D eigenvalue weighted by Crippen LogP contribution is -2.21. The molecular formula is C30H46N6. The van der Waals surface area contributed by atoms with E-state index in [0.29, 0.717) is 12.1 Å². The summed E-state index contributed by atoms with van der Waals surface area (Å²) in [6, 6.07) is 10.1. The van der Waals surface area contributed by atoms with Gasteiger partial charge in [0.25, 0.3) is 0 Å². The Morgan fingerprint density at radius 1 is 0.972 bits per heavy atom. The van der Waals surface area contributed by atoms with Crippen molar-refractivity contribution in [3.05, 3.63) is 36.7 Å². The second-order valence-electron chi connectivity index (χ2n) is 10.1. The number of nitrogens with one attached hydrogen (secondary N) is 3. The Balaban J connectivity index is 0.00000148. The predicted molar refractivity (Wildman–Crippen MR) is 154 cm³/mol. The van der Waals surface area contributed by atoms with Crippen molar-refractivity contribution in [2.75, 3.05) is 30.3 Å². The van der Waals surface area contributed by atoms with Crippen molar-refractivity contribution in [3.63, 3.8) is 0 Å². The van der Waals surface area contributed by atoms with Crippen molar-refractivity contribution < 1.29 is 0 Å². The Labute approximate surface area is 217 Å². The molecule has 1 atom stereocenters. The molecule has 3 N–H and O–H groups in total. The van der Waals surface area contributed by atoms with Gasteiger partial charge in [-0.25, -0.2) is 4.98 Å². The number of benzene rings is 1. The first kappa shape index (κ1) is 26.5. The SMILES string of the molecule is CC.CCCCNc1ncc2c(-c3ccc(NC4CCCNCC4)cc3)cn(C3CCCCC3)c2n1. The molecule has 1 saturated heterocycles. The number of rotatable bonds is 8. The van der Waals surface area contributed by atoms with Crippen LogP contribution in [0.3, 0.4) is 0 Å². The van der Waals surface area contributed by atoms with Gasteiger partial charge in [0.15, 0.2) is 0 Å². The van der Waals surface area contributed by atoms with Crippen LogP contribution in [0.1, 0.15) is 91.0 Å². The smallest absolute Gasteiger partial charge is 0.224 e. The minimum Gasteiger partial charge on any atom is -0.382 e. The lowest BCUT2D eigenvalue weighted by molar-refractivity contribution is 0.360. The van der Waals surface area contributed by atoms with Crippen molar-refractivity contribution in [2.45, 2.75) is 97.1 Å². The fourth-order valence-electron chi connectivity index (χ4n) is 5.50. The summed E-state index contributed by atoms with van der Waals surface area (Å²) in [5, 5.41) is 11.8. The summed E-state index contributed by atoms with van der Waals surface area (Å²) in [5.41, 5.74) is 4.77. The minimum absolute atomic E-state index is 0.535. The molecule has 2 aliphatic rings. The maximum absolute atomic E-state index is 4.99. The van der Waals surface area contributed by atoms with Crippen LogP contribution in [0.4, 0.5) is 11.6 Å². The molecule has 2 aromatic heterocycles. The molecule has 3 heterocycles. The van der Waals surface area contributed by atoms with E-state index in [1.807, 2.05) is 20.0 Å². The van der Waals surface area contributed by atoms with Gasteiger partial charge in [0, 0.05) is 47.7 Å². The van der Waals surface area contributed by atoms with Crippen molar-refractivity contribution in [3.8, 4) is 11.1 Å². The molecule has 0 bridgehead atoms. The number of hydrogen-bond donors (Lipinski definition) is 3. The molecule has 1 aromatic carbocycles. The molecule has 1 aliphatic carbocycles. The second-order valence-corrected chi connectivity index (χ2v) is 10.1. The third kappa shape index (κ3) is 6.58. The topological polar surface area (TPSA) is 66.8 Å². The highest BCUT2D eigenvalue weighted by atomic mass is 15.2. The van der Waals surface area contributed by atoms with Gasteiger partial charge in [-0.05, 0) is 69.3 Å². The zero-order chi connectivity index (χ0) is 25.2. The summed E-state index contributed by atoms with van der Waals surface area (Å²) in [4.78, 5) is 9.67. The molecule has 6 nitrogen and oxygen atoms in total. The summed E-state index contributed by atoms with van der Waals surface area (Å²) in [7, 11) is 0. The summed E-state index contributed by atoms with van der Waals surface area (Å²) in [6.07, 6.45) is 16.8. The number of nitrogens with zero attached hydrogens (tertiary/aromatic N) is 3. The van der Waals surface area contributed by atoms with Crippen LogP contribution in [0, 0.1) is 0 Å². The predicted octanol–water partition coefficient (Wildman–Crippen LogP) is 7.40. The summed E-state index contributed by atoms with van der Waals surface area (Å²) >= 11 is 0. The van der Waals surface area contributed by atoms with Crippen molar-refractivity contribution in [1.82, 2.24) is 19.9 Å². The van der Waals surface area contributed by atoms with Gasteiger partial charge in [0.2, 0.25) is 5.95 Å². The molecule has 2 fully saturated rings. The van der Waals surface area contributed by atoms with Gasteiger partial charge in [-0.2, -0.15) is 4.98 Å². The molecule has 1 saturated carbocycles. The number of fused-ring (bicyclic) bond motifs is 1. The molecule has 1 aliphatic heterocycles. The highest BCUT2D eigenvalue weighted by molar-refractivity contribution is 5.94. The van der Waals surface area contributed by atoms with Crippen molar-refractivity contribution in [1.29, 1.82) is 0 Å². The van der Waals surface area contributed by atoms with E-state index in [0.717, 1.165) is 43.0 Å². The van der Waals surface area contributed by atoms with Gasteiger partial charge >= 0.3 is 0 Å². The van der Waals surface area contributed by atoms with E-state index in [9.17, 15) is 0 Å². The van der Waals surface area contributed by atoms with Gasteiger partial charge in [-0.1, -0.05) is 58.6 Å². The van der Waals surface area contributed by atoms with Gasteiger partial charge in [-0.3, -0.25) is 0 Å². The third-order valence-corrected chi connectivity index (χ3v) is 7.50. The average molecular weight is 491 g/mol. The van der Waals surface area contributed by atoms with E-state index in [1.165, 1.54) is 74.6 Å². The molecule has 36 heavy (non-hydrogen) atoms. The maximum Gasteiger partial charge on any atom is 0.224 e. The van der Waals surface area contributed by atoms with E-state index in [1.54, 1.807) is 0 Å². The van der Waals surface area contributed by atoms with E-state index < -0.39 is 0 Å². The standard InChI is InChI=1S/C28H40N6.C2H6/c1-2-3-17-30-28-31-19-25-26(20-34(27(25)33-28)24-9-5-4-6-10-24)21-11-13-23(14-12-21)32-22-8-7-16-29-18-15-22;1-2/h11-14,19-20,22,24,29,32H,2-10,15-18H2,1H3,(H,30,31,33);1-2H3.